The number of ether oxygens (including phenoxy) is 1. The molecular formula is C15H28N2O2. The van der Waals surface area contributed by atoms with Crippen molar-refractivity contribution in [3.8, 4) is 0 Å². The smallest absolute Gasteiger partial charge is 0.118 e. The lowest BCUT2D eigenvalue weighted by Gasteiger charge is -2.19. The summed E-state index contributed by atoms with van der Waals surface area (Å²) in [6.07, 6.45) is 0. The predicted molar refractivity (Wildman–Crippen MR) is 78.2 cm³/mol. The van der Waals surface area contributed by atoms with E-state index in [1.807, 2.05) is 21.0 Å². The fourth-order valence-electron chi connectivity index (χ4n) is 1.60. The molecule has 4 heteroatoms. The van der Waals surface area contributed by atoms with E-state index >= 15 is 0 Å². The summed E-state index contributed by atoms with van der Waals surface area (Å²) in [4.78, 5) is 2.11. The monoisotopic (exact) mass is 268 g/mol. The summed E-state index contributed by atoms with van der Waals surface area (Å²) < 4.78 is 11.4. The van der Waals surface area contributed by atoms with Gasteiger partial charge in [0.05, 0.1) is 19.8 Å². The van der Waals surface area contributed by atoms with Crippen molar-refractivity contribution < 1.29 is 9.15 Å². The van der Waals surface area contributed by atoms with E-state index in [4.69, 9.17) is 9.15 Å². The zero-order valence-electron chi connectivity index (χ0n) is 13.2. The highest BCUT2D eigenvalue weighted by Gasteiger charge is 2.12. The van der Waals surface area contributed by atoms with Gasteiger partial charge >= 0.3 is 0 Å². The number of rotatable bonds is 7. The molecule has 0 aromatic carbocycles. The van der Waals surface area contributed by atoms with Crippen molar-refractivity contribution in [2.24, 2.45) is 0 Å². The van der Waals surface area contributed by atoms with Crippen LogP contribution in [0.5, 0.6) is 0 Å². The molecule has 1 N–H and O–H groups in total. The standard InChI is InChI=1S/C15H28N2O2/c1-12-13(11-18-8-7-17(5)6)9-14(19-12)10-16-15(2,3)4/h9,16H,7-8,10-11H2,1-6H3. The van der Waals surface area contributed by atoms with Gasteiger partial charge in [-0.2, -0.15) is 0 Å². The maximum Gasteiger partial charge on any atom is 0.118 e. The minimum atomic E-state index is 0.100. The maximum absolute atomic E-state index is 5.74. The number of nitrogens with one attached hydrogen (secondary N) is 1. The summed E-state index contributed by atoms with van der Waals surface area (Å²) in [5.41, 5.74) is 1.24. The van der Waals surface area contributed by atoms with Gasteiger partial charge in [0.1, 0.15) is 11.5 Å². The van der Waals surface area contributed by atoms with Gasteiger partial charge in [0.15, 0.2) is 0 Å². The second-order valence-corrected chi connectivity index (χ2v) is 6.25. The Morgan fingerprint density at radius 1 is 1.32 bits per heavy atom. The van der Waals surface area contributed by atoms with E-state index in [0.717, 1.165) is 36.8 Å². The van der Waals surface area contributed by atoms with Crippen LogP contribution in [0, 0.1) is 6.92 Å². The van der Waals surface area contributed by atoms with Crippen LogP contribution >= 0.6 is 0 Å². The van der Waals surface area contributed by atoms with Crippen LogP contribution in [0.2, 0.25) is 0 Å². The molecule has 0 saturated carbocycles. The van der Waals surface area contributed by atoms with Gasteiger partial charge in [0.2, 0.25) is 0 Å². The third-order valence-corrected chi connectivity index (χ3v) is 2.80. The largest absolute Gasteiger partial charge is 0.465 e. The summed E-state index contributed by atoms with van der Waals surface area (Å²) in [6, 6.07) is 2.09. The summed E-state index contributed by atoms with van der Waals surface area (Å²) in [7, 11) is 4.09. The molecule has 19 heavy (non-hydrogen) atoms. The van der Waals surface area contributed by atoms with E-state index in [-0.39, 0.29) is 5.54 Å². The number of likely N-dealkylation sites (N-methyl/N-ethyl adjacent to an activating group) is 1. The number of furan rings is 1. The molecule has 0 unspecified atom stereocenters. The lowest BCUT2D eigenvalue weighted by molar-refractivity contribution is 0.104. The maximum atomic E-state index is 5.74. The third kappa shape index (κ3) is 6.76. The van der Waals surface area contributed by atoms with Crippen molar-refractivity contribution in [1.82, 2.24) is 10.2 Å². The molecule has 0 saturated heterocycles. The van der Waals surface area contributed by atoms with E-state index < -0.39 is 0 Å². The van der Waals surface area contributed by atoms with Gasteiger partial charge in [-0.3, -0.25) is 0 Å². The van der Waals surface area contributed by atoms with Crippen molar-refractivity contribution in [2.75, 3.05) is 27.2 Å². The van der Waals surface area contributed by atoms with Crippen LogP contribution in [-0.4, -0.2) is 37.7 Å². The molecule has 1 aromatic rings. The van der Waals surface area contributed by atoms with Crippen LogP contribution in [0.1, 0.15) is 37.9 Å². The zero-order chi connectivity index (χ0) is 14.5. The van der Waals surface area contributed by atoms with Gasteiger partial charge in [0.25, 0.3) is 0 Å². The molecule has 1 aromatic heterocycles. The second-order valence-electron chi connectivity index (χ2n) is 6.25. The predicted octanol–water partition coefficient (Wildman–Crippen LogP) is 2.55. The highest BCUT2D eigenvalue weighted by Crippen LogP contribution is 2.16. The molecule has 0 fully saturated rings. The number of hydrogen-bond donors (Lipinski definition) is 1. The first-order chi connectivity index (χ1) is 8.78. The van der Waals surface area contributed by atoms with Crippen LogP contribution < -0.4 is 5.32 Å². The molecule has 0 atom stereocenters. The number of hydrogen-bond acceptors (Lipinski definition) is 4. The highest BCUT2D eigenvalue weighted by atomic mass is 16.5. The molecule has 1 rings (SSSR count). The quantitative estimate of drug-likeness (QED) is 0.771. The van der Waals surface area contributed by atoms with Gasteiger partial charge in [-0.15, -0.1) is 0 Å². The Hall–Kier alpha value is -0.840. The Balaban J connectivity index is 2.41. The fourth-order valence-corrected chi connectivity index (χ4v) is 1.60. The SMILES string of the molecule is Cc1oc(CNC(C)(C)C)cc1COCCN(C)C. The summed E-state index contributed by atoms with van der Waals surface area (Å²) in [5, 5.41) is 3.42. The van der Waals surface area contributed by atoms with Crippen LogP contribution in [-0.2, 0) is 17.9 Å². The Bertz CT molecular complexity index is 378. The van der Waals surface area contributed by atoms with E-state index in [2.05, 4.69) is 37.1 Å². The molecule has 1 heterocycles. The van der Waals surface area contributed by atoms with Crippen molar-refractivity contribution in [3.63, 3.8) is 0 Å². The third-order valence-electron chi connectivity index (χ3n) is 2.80. The van der Waals surface area contributed by atoms with Crippen LogP contribution in [0.4, 0.5) is 0 Å². The Morgan fingerprint density at radius 3 is 2.58 bits per heavy atom. The molecular weight excluding hydrogens is 240 g/mol. The van der Waals surface area contributed by atoms with Gasteiger partial charge in [-0.25, -0.2) is 0 Å². The summed E-state index contributed by atoms with van der Waals surface area (Å²) in [6.45, 7) is 11.5. The molecule has 0 aliphatic heterocycles. The second kappa shape index (κ2) is 7.08. The summed E-state index contributed by atoms with van der Waals surface area (Å²) >= 11 is 0. The molecule has 0 aliphatic rings. The van der Waals surface area contributed by atoms with Crippen molar-refractivity contribution in [1.29, 1.82) is 0 Å². The number of nitrogens with zero attached hydrogens (tertiary/aromatic N) is 1. The topological polar surface area (TPSA) is 37.6 Å². The van der Waals surface area contributed by atoms with Crippen molar-refractivity contribution >= 4 is 0 Å². The van der Waals surface area contributed by atoms with Crippen LogP contribution in [0.3, 0.4) is 0 Å². The van der Waals surface area contributed by atoms with Gasteiger partial charge in [0, 0.05) is 17.6 Å². The van der Waals surface area contributed by atoms with E-state index in [1.54, 1.807) is 0 Å². The normalized spacial score (nSPS) is 12.4. The summed E-state index contributed by atoms with van der Waals surface area (Å²) in [5.74, 6) is 1.93. The first-order valence-electron chi connectivity index (χ1n) is 6.83. The zero-order valence-corrected chi connectivity index (χ0v) is 13.2. The first kappa shape index (κ1) is 16.2. The van der Waals surface area contributed by atoms with E-state index in [9.17, 15) is 0 Å². The average Bonchev–Trinajstić information content (AvgIpc) is 2.62. The Morgan fingerprint density at radius 2 is 2.00 bits per heavy atom. The van der Waals surface area contributed by atoms with Gasteiger partial charge in [-0.05, 0) is 47.9 Å². The van der Waals surface area contributed by atoms with Crippen LogP contribution in [0.25, 0.3) is 0 Å². The molecule has 0 spiro atoms. The Labute approximate surface area is 117 Å². The molecule has 0 aliphatic carbocycles. The van der Waals surface area contributed by atoms with Crippen molar-refractivity contribution in [2.45, 2.75) is 46.4 Å². The molecule has 0 bridgehead atoms. The molecule has 0 radical (unpaired) electrons. The highest BCUT2D eigenvalue weighted by molar-refractivity contribution is 5.20. The average molecular weight is 268 g/mol. The lowest BCUT2D eigenvalue weighted by Crippen LogP contribution is -2.34. The minimum Gasteiger partial charge on any atom is -0.465 e. The lowest BCUT2D eigenvalue weighted by atomic mass is 10.1. The van der Waals surface area contributed by atoms with Crippen molar-refractivity contribution in [3.05, 3.63) is 23.2 Å². The number of aryl methyl sites for hydroxylation is 1. The molecule has 110 valence electrons. The van der Waals surface area contributed by atoms with E-state index in [1.165, 1.54) is 0 Å². The minimum absolute atomic E-state index is 0.100. The van der Waals surface area contributed by atoms with Gasteiger partial charge < -0.3 is 19.4 Å². The molecule has 0 amide bonds. The first-order valence-corrected chi connectivity index (χ1v) is 6.83. The van der Waals surface area contributed by atoms with Gasteiger partial charge in [-0.1, -0.05) is 0 Å². The van der Waals surface area contributed by atoms with E-state index in [0.29, 0.717) is 6.61 Å². The molecule has 4 nitrogen and oxygen atoms in total. The fraction of sp³-hybridized carbons (Fsp3) is 0.733. The van der Waals surface area contributed by atoms with Crippen LogP contribution in [0.15, 0.2) is 10.5 Å². The Kier molecular flexibility index (Phi) is 6.04.